The van der Waals surface area contributed by atoms with Gasteiger partial charge < -0.3 is 26.5 Å². The molecule has 0 saturated carbocycles. The summed E-state index contributed by atoms with van der Waals surface area (Å²) in [6.45, 7) is 9.23. The average Bonchev–Trinajstić information content (AvgIpc) is 2.98. The topological polar surface area (TPSA) is 117 Å². The molecular formula is C23H35N7O. The first-order chi connectivity index (χ1) is 15.1. The minimum Gasteiger partial charge on any atom is -0.405 e. The van der Waals surface area contributed by atoms with E-state index in [9.17, 15) is 0 Å². The van der Waals surface area contributed by atoms with Gasteiger partial charge in [-0.3, -0.25) is 4.90 Å². The van der Waals surface area contributed by atoms with Crippen LogP contribution in [0, 0.1) is 5.41 Å². The Kier molecular flexibility index (Phi) is 9.93. The van der Waals surface area contributed by atoms with Gasteiger partial charge in [-0.15, -0.1) is 0 Å². The highest BCUT2D eigenvalue weighted by Gasteiger charge is 2.26. The van der Waals surface area contributed by atoms with E-state index in [2.05, 4.69) is 16.8 Å². The zero-order chi connectivity index (χ0) is 22.6. The van der Waals surface area contributed by atoms with Crippen LogP contribution < -0.4 is 16.4 Å². The first-order valence-electron chi connectivity index (χ1n) is 10.8. The fraction of sp³-hybridized carbons (Fsp3) is 0.435. The van der Waals surface area contributed by atoms with E-state index in [0.29, 0.717) is 0 Å². The second kappa shape index (κ2) is 12.7. The molecule has 8 heteroatoms. The van der Waals surface area contributed by atoms with Crippen molar-refractivity contribution in [2.45, 2.75) is 33.4 Å². The van der Waals surface area contributed by atoms with Crippen molar-refractivity contribution >= 4 is 17.7 Å². The molecule has 168 valence electrons. The molecule has 1 aromatic carbocycles. The maximum Gasteiger partial charge on any atom is 0.161 e. The predicted octanol–water partition coefficient (Wildman–Crippen LogP) is 3.03. The van der Waals surface area contributed by atoms with Crippen molar-refractivity contribution in [2.24, 2.45) is 5.73 Å². The molecule has 31 heavy (non-hydrogen) atoms. The molecule has 0 radical (unpaired) electrons. The molecule has 1 saturated heterocycles. The number of ether oxygens (including phenoxy) is 1. The van der Waals surface area contributed by atoms with Gasteiger partial charge in [-0.25, -0.2) is 9.97 Å². The van der Waals surface area contributed by atoms with Crippen molar-refractivity contribution in [2.75, 3.05) is 44.0 Å². The fourth-order valence-electron chi connectivity index (χ4n) is 3.43. The van der Waals surface area contributed by atoms with E-state index in [4.69, 9.17) is 31.6 Å². The number of rotatable bonds is 3. The Bertz CT molecular complexity index is 844. The molecule has 0 unspecified atom stereocenters. The second-order valence-corrected chi connectivity index (χ2v) is 7.09. The van der Waals surface area contributed by atoms with Gasteiger partial charge in [0.25, 0.3) is 0 Å². The lowest BCUT2D eigenvalue weighted by molar-refractivity contribution is 0.152. The average molecular weight is 426 g/mol. The molecular weight excluding hydrogens is 390 g/mol. The first kappa shape index (κ1) is 24.3. The largest absolute Gasteiger partial charge is 0.405 e. The lowest BCUT2D eigenvalue weighted by Gasteiger charge is -2.23. The van der Waals surface area contributed by atoms with Crippen LogP contribution in [0.1, 0.15) is 31.5 Å². The van der Waals surface area contributed by atoms with Crippen molar-refractivity contribution in [1.82, 2.24) is 14.9 Å². The van der Waals surface area contributed by atoms with Gasteiger partial charge in [0.15, 0.2) is 5.82 Å². The maximum absolute atomic E-state index is 6.31. The van der Waals surface area contributed by atoms with Crippen molar-refractivity contribution in [1.29, 1.82) is 5.41 Å². The minimum atomic E-state index is 0.754. The lowest BCUT2D eigenvalue weighted by atomic mass is 10.1. The molecule has 2 aromatic rings. The number of anilines is 2. The van der Waals surface area contributed by atoms with Gasteiger partial charge >= 0.3 is 0 Å². The van der Waals surface area contributed by atoms with Gasteiger partial charge in [0.05, 0.1) is 12.3 Å². The third kappa shape index (κ3) is 6.77. The third-order valence-corrected chi connectivity index (χ3v) is 4.82. The molecule has 4 rings (SSSR count). The van der Waals surface area contributed by atoms with Crippen LogP contribution in [0.15, 0.2) is 36.5 Å². The number of hydrogen-bond acceptors (Lipinski definition) is 8. The number of nitrogens with one attached hydrogen (secondary N) is 1. The van der Waals surface area contributed by atoms with Crippen LogP contribution in [0.4, 0.5) is 11.5 Å². The summed E-state index contributed by atoms with van der Waals surface area (Å²) in [7, 11) is 2.12. The highest BCUT2D eigenvalue weighted by Crippen LogP contribution is 2.31. The second-order valence-electron chi connectivity index (χ2n) is 7.09. The molecule has 5 N–H and O–H groups in total. The Hall–Kier alpha value is -2.97. The summed E-state index contributed by atoms with van der Waals surface area (Å²) in [6, 6.07) is 7.78. The number of hydrogen-bond donors (Lipinski definition) is 3. The van der Waals surface area contributed by atoms with Gasteiger partial charge in [-0.2, -0.15) is 0 Å². The molecule has 2 aliphatic heterocycles. The summed E-state index contributed by atoms with van der Waals surface area (Å²) in [4.78, 5) is 14.4. The van der Waals surface area contributed by atoms with E-state index in [1.54, 1.807) is 0 Å². The number of nitrogen functional groups attached to an aromatic ring is 1. The summed E-state index contributed by atoms with van der Waals surface area (Å²) >= 11 is 0. The molecule has 1 aromatic heterocycles. The van der Waals surface area contributed by atoms with Gasteiger partial charge in [0, 0.05) is 55.8 Å². The van der Waals surface area contributed by atoms with Gasteiger partial charge in [0.1, 0.15) is 5.82 Å². The maximum atomic E-state index is 6.31. The van der Waals surface area contributed by atoms with Crippen LogP contribution in [0.5, 0.6) is 0 Å². The Labute approximate surface area is 185 Å². The highest BCUT2D eigenvalue weighted by molar-refractivity contribution is 5.67. The van der Waals surface area contributed by atoms with Crippen LogP contribution in [-0.2, 0) is 17.8 Å². The van der Waals surface area contributed by atoms with E-state index >= 15 is 0 Å². The molecule has 0 aliphatic carbocycles. The van der Waals surface area contributed by atoms with E-state index in [1.807, 2.05) is 38.1 Å². The van der Waals surface area contributed by atoms with E-state index in [0.717, 1.165) is 80.6 Å². The first-order valence-corrected chi connectivity index (χ1v) is 10.8. The number of allylic oxidation sites excluding steroid dienone is 1. The lowest BCUT2D eigenvalue weighted by Crippen LogP contribution is -2.28. The molecule has 0 atom stereocenters. The monoisotopic (exact) mass is 425 g/mol. The Morgan fingerprint density at radius 3 is 2.45 bits per heavy atom. The van der Waals surface area contributed by atoms with Crippen LogP contribution in [0.3, 0.4) is 0 Å². The van der Waals surface area contributed by atoms with Crippen LogP contribution >= 0.6 is 0 Å². The molecule has 2 aliphatic rings. The molecule has 1 fully saturated rings. The Balaban J connectivity index is 0.000000432. The number of nitrogens with two attached hydrogens (primary N) is 2. The van der Waals surface area contributed by atoms with Gasteiger partial charge in [-0.05, 0) is 50.0 Å². The Morgan fingerprint density at radius 1 is 1.06 bits per heavy atom. The smallest absolute Gasteiger partial charge is 0.161 e. The number of benzene rings is 1. The molecule has 3 heterocycles. The van der Waals surface area contributed by atoms with Crippen LogP contribution in [0.2, 0.25) is 0 Å². The fourth-order valence-corrected chi connectivity index (χ4v) is 3.43. The van der Waals surface area contributed by atoms with Crippen molar-refractivity contribution < 1.29 is 4.74 Å². The van der Waals surface area contributed by atoms with Crippen molar-refractivity contribution in [3.63, 3.8) is 0 Å². The standard InChI is InChI=1S/C18H23N5O.C3H6N2.C2H6/c1-22-11-15-16(12-22)20-17(13-3-5-14(19)6-4-13)21-18(15)23-7-2-9-24-10-8-23;4-2-1-3-5;1-2/h3-6H,2,7-12,19H2,1H3;1-4H,5H2;1-2H3/b;3-1-,4-2?;. The summed E-state index contributed by atoms with van der Waals surface area (Å²) < 4.78 is 5.61. The highest BCUT2D eigenvalue weighted by atomic mass is 16.5. The third-order valence-electron chi connectivity index (χ3n) is 4.82. The quantitative estimate of drug-likeness (QED) is 0.511. The van der Waals surface area contributed by atoms with E-state index < -0.39 is 0 Å². The summed E-state index contributed by atoms with van der Waals surface area (Å²) in [5, 5.41) is 6.31. The van der Waals surface area contributed by atoms with Crippen LogP contribution in [-0.4, -0.2) is 54.4 Å². The van der Waals surface area contributed by atoms with Crippen molar-refractivity contribution in [3.05, 3.63) is 47.8 Å². The molecule has 8 nitrogen and oxygen atoms in total. The Morgan fingerprint density at radius 2 is 1.81 bits per heavy atom. The minimum absolute atomic E-state index is 0.754. The number of fused-ring (bicyclic) bond motifs is 1. The van der Waals surface area contributed by atoms with Crippen LogP contribution in [0.25, 0.3) is 11.4 Å². The summed E-state index contributed by atoms with van der Waals surface area (Å²) in [5.74, 6) is 1.85. The van der Waals surface area contributed by atoms with E-state index in [-0.39, 0.29) is 0 Å². The molecule has 0 bridgehead atoms. The van der Waals surface area contributed by atoms with Gasteiger partial charge in [-0.1, -0.05) is 13.8 Å². The zero-order valence-electron chi connectivity index (χ0n) is 18.8. The van der Waals surface area contributed by atoms with Gasteiger partial charge in [0.2, 0.25) is 0 Å². The number of aromatic nitrogens is 2. The molecule has 0 spiro atoms. The predicted molar refractivity (Wildman–Crippen MR) is 128 cm³/mol. The van der Waals surface area contributed by atoms with Crippen molar-refractivity contribution in [3.8, 4) is 11.4 Å². The summed E-state index contributed by atoms with van der Waals surface area (Å²) in [6.07, 6.45) is 4.92. The summed E-state index contributed by atoms with van der Waals surface area (Å²) in [5.41, 5.74) is 14.8. The number of nitrogens with zero attached hydrogens (tertiary/aromatic N) is 4. The normalized spacial score (nSPS) is 15.9. The zero-order valence-corrected chi connectivity index (χ0v) is 18.8. The van der Waals surface area contributed by atoms with E-state index in [1.165, 1.54) is 17.8 Å². The SMILES string of the molecule is CC.CN1Cc2nc(-c3ccc(N)cc3)nc(N3CCCOCC3)c2C1.N=C/C=C\N. The molecule has 0 amide bonds.